The molecule has 0 atom stereocenters. The fourth-order valence-electron chi connectivity index (χ4n) is 2.37. The molecule has 0 saturated heterocycles. The lowest BCUT2D eigenvalue weighted by molar-refractivity contribution is -0.131. The molecule has 0 unspecified atom stereocenters. The number of carbonyl (C=O) groups is 1. The van der Waals surface area contributed by atoms with Crippen LogP contribution in [0.5, 0.6) is 5.75 Å². The first-order valence-electron chi connectivity index (χ1n) is 7.75. The van der Waals surface area contributed by atoms with Gasteiger partial charge in [-0.15, -0.1) is 0 Å². The Morgan fingerprint density at radius 2 is 1.90 bits per heavy atom. The Labute approximate surface area is 127 Å². The molecule has 1 aromatic rings. The predicted molar refractivity (Wildman–Crippen MR) is 86.6 cm³/mol. The topological polar surface area (TPSA) is 46.5 Å². The zero-order valence-electron chi connectivity index (χ0n) is 13.1. The van der Waals surface area contributed by atoms with E-state index in [0.717, 1.165) is 36.1 Å². The summed E-state index contributed by atoms with van der Waals surface area (Å²) in [7, 11) is 1.62. The first-order valence-corrected chi connectivity index (χ1v) is 7.75. The van der Waals surface area contributed by atoms with E-state index in [1.165, 1.54) is 31.8 Å². The van der Waals surface area contributed by atoms with E-state index >= 15 is 0 Å². The highest BCUT2D eigenvalue weighted by Gasteiger charge is 2.06. The van der Waals surface area contributed by atoms with E-state index in [9.17, 15) is 4.79 Å². The van der Waals surface area contributed by atoms with Crippen molar-refractivity contribution in [2.24, 2.45) is 0 Å². The molecular weight excluding hydrogens is 264 g/mol. The lowest BCUT2D eigenvalue weighted by Gasteiger charge is -2.09. The minimum Gasteiger partial charge on any atom is -0.497 e. The maximum atomic E-state index is 11.0. The number of hydrogen-bond acceptors (Lipinski definition) is 2. The summed E-state index contributed by atoms with van der Waals surface area (Å²) in [5.41, 5.74) is 1.81. The van der Waals surface area contributed by atoms with Crippen molar-refractivity contribution in [1.29, 1.82) is 0 Å². The van der Waals surface area contributed by atoms with Gasteiger partial charge < -0.3 is 9.84 Å². The number of hydrogen-bond donors (Lipinski definition) is 1. The number of carboxylic acid groups (broad SMARTS) is 1. The van der Waals surface area contributed by atoms with Crippen molar-refractivity contribution >= 4 is 11.5 Å². The molecule has 1 rings (SSSR count). The summed E-state index contributed by atoms with van der Waals surface area (Å²) in [6.07, 6.45) is 9.33. The van der Waals surface area contributed by atoms with Crippen LogP contribution in [0.2, 0.25) is 0 Å². The largest absolute Gasteiger partial charge is 0.497 e. The minimum absolute atomic E-state index is 0.756. The van der Waals surface area contributed by atoms with Crippen LogP contribution in [0.3, 0.4) is 0 Å². The summed E-state index contributed by atoms with van der Waals surface area (Å²) in [5, 5.41) is 9.04. The van der Waals surface area contributed by atoms with Crippen molar-refractivity contribution in [1.82, 2.24) is 0 Å². The fourth-order valence-corrected chi connectivity index (χ4v) is 2.37. The van der Waals surface area contributed by atoms with Crippen molar-refractivity contribution in [3.63, 3.8) is 0 Å². The van der Waals surface area contributed by atoms with Gasteiger partial charge in [0.2, 0.25) is 0 Å². The maximum Gasteiger partial charge on any atom is 0.328 e. The highest BCUT2D eigenvalue weighted by atomic mass is 16.5. The third-order valence-electron chi connectivity index (χ3n) is 3.54. The van der Waals surface area contributed by atoms with Gasteiger partial charge in [0.25, 0.3) is 0 Å². The molecule has 0 aliphatic carbocycles. The summed E-state index contributed by atoms with van der Waals surface area (Å²) < 4.78 is 5.21. The molecule has 116 valence electrons. The summed E-state index contributed by atoms with van der Waals surface area (Å²) in [5.74, 6) is -0.134. The van der Waals surface area contributed by atoms with Crippen LogP contribution in [0.25, 0.3) is 5.57 Å². The average molecular weight is 290 g/mol. The van der Waals surface area contributed by atoms with Gasteiger partial charge in [-0.1, -0.05) is 51.2 Å². The van der Waals surface area contributed by atoms with Crippen molar-refractivity contribution in [2.75, 3.05) is 7.11 Å². The molecule has 1 aromatic carbocycles. The number of methoxy groups -OCH3 is 1. The fraction of sp³-hybridized carbons (Fsp3) is 0.500. The van der Waals surface area contributed by atoms with Crippen LogP contribution in [0, 0.1) is 0 Å². The molecule has 0 fully saturated rings. The predicted octanol–water partition coefficient (Wildman–Crippen LogP) is 4.91. The van der Waals surface area contributed by atoms with Crippen LogP contribution in [-0.4, -0.2) is 18.2 Å². The number of rotatable bonds is 10. The average Bonchev–Trinajstić information content (AvgIpc) is 2.49. The van der Waals surface area contributed by atoms with E-state index in [-0.39, 0.29) is 0 Å². The molecule has 0 aromatic heterocycles. The lowest BCUT2D eigenvalue weighted by atomic mass is 9.98. The lowest BCUT2D eigenvalue weighted by Crippen LogP contribution is -1.94. The van der Waals surface area contributed by atoms with Gasteiger partial charge in [-0.3, -0.25) is 0 Å². The Balaban J connectivity index is 2.62. The van der Waals surface area contributed by atoms with E-state index in [0.29, 0.717) is 0 Å². The molecular formula is C18H26O3. The monoisotopic (exact) mass is 290 g/mol. The molecule has 0 spiro atoms. The molecule has 0 radical (unpaired) electrons. The zero-order valence-corrected chi connectivity index (χ0v) is 13.1. The van der Waals surface area contributed by atoms with Gasteiger partial charge in [0, 0.05) is 6.08 Å². The second-order valence-electron chi connectivity index (χ2n) is 5.26. The number of carboxylic acids is 1. The third kappa shape index (κ3) is 6.98. The molecule has 0 saturated carbocycles. The molecule has 0 aliphatic rings. The summed E-state index contributed by atoms with van der Waals surface area (Å²) in [6.45, 7) is 2.20. The Hall–Kier alpha value is -1.77. The van der Waals surface area contributed by atoms with Crippen LogP contribution in [0.1, 0.15) is 57.4 Å². The van der Waals surface area contributed by atoms with Gasteiger partial charge in [-0.25, -0.2) is 4.79 Å². The molecule has 0 aliphatic heterocycles. The van der Waals surface area contributed by atoms with Crippen molar-refractivity contribution in [2.45, 2.75) is 51.9 Å². The first-order chi connectivity index (χ1) is 10.2. The van der Waals surface area contributed by atoms with Crippen LogP contribution < -0.4 is 4.74 Å². The summed E-state index contributed by atoms with van der Waals surface area (Å²) in [4.78, 5) is 11.0. The van der Waals surface area contributed by atoms with E-state index in [4.69, 9.17) is 9.84 Å². The van der Waals surface area contributed by atoms with Gasteiger partial charge in [-0.2, -0.15) is 0 Å². The second-order valence-corrected chi connectivity index (χ2v) is 5.26. The van der Waals surface area contributed by atoms with Gasteiger partial charge in [0.05, 0.1) is 7.11 Å². The number of allylic oxidation sites excluding steroid dienone is 1. The normalized spacial score (nSPS) is 11.4. The quantitative estimate of drug-likeness (QED) is 0.491. The maximum absolute atomic E-state index is 11.0. The molecule has 0 bridgehead atoms. The summed E-state index contributed by atoms with van der Waals surface area (Å²) >= 11 is 0. The second kappa shape index (κ2) is 10.0. The molecule has 21 heavy (non-hydrogen) atoms. The SMILES string of the molecule is CCCCCCCC/C(=C\C(=O)O)c1cccc(OC)c1. The Morgan fingerprint density at radius 3 is 2.57 bits per heavy atom. The van der Waals surface area contributed by atoms with Gasteiger partial charge in [0.15, 0.2) is 0 Å². The van der Waals surface area contributed by atoms with Crippen LogP contribution in [-0.2, 0) is 4.79 Å². The number of benzene rings is 1. The smallest absolute Gasteiger partial charge is 0.328 e. The molecule has 1 N–H and O–H groups in total. The number of ether oxygens (including phenoxy) is 1. The van der Waals surface area contributed by atoms with Gasteiger partial charge >= 0.3 is 5.97 Å². The molecule has 3 nitrogen and oxygen atoms in total. The van der Waals surface area contributed by atoms with Crippen molar-refractivity contribution in [3.8, 4) is 5.75 Å². The summed E-state index contributed by atoms with van der Waals surface area (Å²) in [6, 6.07) is 7.60. The highest BCUT2D eigenvalue weighted by Crippen LogP contribution is 2.25. The molecule has 0 heterocycles. The van der Waals surface area contributed by atoms with Crippen LogP contribution >= 0.6 is 0 Å². The van der Waals surface area contributed by atoms with E-state index in [1.807, 2.05) is 24.3 Å². The zero-order chi connectivity index (χ0) is 15.5. The Kier molecular flexibility index (Phi) is 8.25. The van der Waals surface area contributed by atoms with E-state index < -0.39 is 5.97 Å². The third-order valence-corrected chi connectivity index (χ3v) is 3.54. The Morgan fingerprint density at radius 1 is 1.19 bits per heavy atom. The minimum atomic E-state index is -0.890. The van der Waals surface area contributed by atoms with Gasteiger partial charge in [0.1, 0.15) is 5.75 Å². The van der Waals surface area contributed by atoms with Crippen molar-refractivity contribution in [3.05, 3.63) is 35.9 Å². The van der Waals surface area contributed by atoms with Gasteiger partial charge in [-0.05, 0) is 36.1 Å². The Bertz CT molecular complexity index is 463. The number of aliphatic carboxylic acids is 1. The van der Waals surface area contributed by atoms with Crippen LogP contribution in [0.15, 0.2) is 30.3 Å². The molecule has 0 amide bonds. The van der Waals surface area contributed by atoms with Crippen LogP contribution in [0.4, 0.5) is 0 Å². The highest BCUT2D eigenvalue weighted by molar-refractivity contribution is 5.90. The first kappa shape index (κ1) is 17.3. The number of unbranched alkanes of at least 4 members (excludes halogenated alkanes) is 5. The van der Waals surface area contributed by atoms with Crippen molar-refractivity contribution < 1.29 is 14.6 Å². The standard InChI is InChI=1S/C18H26O3/c1-3-4-5-6-7-8-10-16(14-18(19)20)15-11-9-12-17(13-15)21-2/h9,11-14H,3-8,10H2,1-2H3,(H,19,20)/b16-14+. The van der Waals surface area contributed by atoms with E-state index in [2.05, 4.69) is 6.92 Å². The molecule has 3 heteroatoms. The van der Waals surface area contributed by atoms with E-state index in [1.54, 1.807) is 7.11 Å².